The number of carbonyl (C=O) groups excluding carboxylic acids is 3. The third-order valence-electron chi connectivity index (χ3n) is 4.73. The summed E-state index contributed by atoms with van der Waals surface area (Å²) in [6, 6.07) is 1.81. The summed E-state index contributed by atoms with van der Waals surface area (Å²) in [4.78, 5) is 38.8. The molecule has 1 aliphatic carbocycles. The van der Waals surface area contributed by atoms with Crippen LogP contribution in [0.5, 0.6) is 0 Å². The average molecular weight is 364 g/mol. The van der Waals surface area contributed by atoms with Crippen molar-refractivity contribution in [1.82, 2.24) is 4.90 Å². The zero-order chi connectivity index (χ0) is 18.0. The largest absolute Gasteiger partial charge is 0.462 e. The molecule has 0 atom stereocenters. The molecule has 3 rings (SSSR count). The first-order chi connectivity index (χ1) is 12.0. The van der Waals surface area contributed by atoms with Gasteiger partial charge in [-0.25, -0.2) is 4.79 Å². The molecule has 0 aromatic carbocycles. The molecule has 1 aromatic heterocycles. The number of thiophene rings is 1. The predicted molar refractivity (Wildman–Crippen MR) is 95.7 cm³/mol. The Balaban J connectivity index is 1.53. The van der Waals surface area contributed by atoms with Gasteiger partial charge in [-0.2, -0.15) is 0 Å². The second-order valence-corrected chi connectivity index (χ2v) is 7.76. The van der Waals surface area contributed by atoms with E-state index in [-0.39, 0.29) is 29.6 Å². The van der Waals surface area contributed by atoms with Gasteiger partial charge in [0.25, 0.3) is 0 Å². The van der Waals surface area contributed by atoms with Gasteiger partial charge in [0.15, 0.2) is 0 Å². The van der Waals surface area contributed by atoms with Crippen molar-refractivity contribution in [1.29, 1.82) is 0 Å². The summed E-state index contributed by atoms with van der Waals surface area (Å²) in [5, 5.41) is 3.59. The molecule has 0 unspecified atom stereocenters. The molecule has 2 amide bonds. The fraction of sp³-hybridized carbons (Fsp3) is 0.611. The van der Waals surface area contributed by atoms with Crippen molar-refractivity contribution >= 4 is 34.1 Å². The maximum absolute atomic E-state index is 12.5. The Morgan fingerprint density at radius 3 is 2.48 bits per heavy atom. The summed E-state index contributed by atoms with van der Waals surface area (Å²) in [5.74, 6) is 0.0249. The van der Waals surface area contributed by atoms with Gasteiger partial charge in [0, 0.05) is 24.9 Å². The molecule has 2 aliphatic rings. The van der Waals surface area contributed by atoms with E-state index in [1.54, 1.807) is 13.0 Å². The molecular formula is C18H24N2O4S. The van der Waals surface area contributed by atoms with Crippen molar-refractivity contribution in [2.45, 2.75) is 39.5 Å². The zero-order valence-electron chi connectivity index (χ0n) is 14.7. The van der Waals surface area contributed by atoms with E-state index < -0.39 is 0 Å². The number of nitrogens with one attached hydrogen (secondary N) is 1. The lowest BCUT2D eigenvalue weighted by Crippen LogP contribution is -2.42. The summed E-state index contributed by atoms with van der Waals surface area (Å²) in [6.45, 7) is 5.25. The SMILES string of the molecule is CCOC(=O)c1sc(NC(=O)C2CCN(C(=O)C3CC3)CC2)cc1C. The van der Waals surface area contributed by atoms with Crippen LogP contribution in [0.25, 0.3) is 0 Å². The van der Waals surface area contributed by atoms with Crippen molar-refractivity contribution < 1.29 is 19.1 Å². The van der Waals surface area contributed by atoms with E-state index in [1.807, 2.05) is 11.8 Å². The maximum Gasteiger partial charge on any atom is 0.348 e. The molecule has 1 aromatic rings. The summed E-state index contributed by atoms with van der Waals surface area (Å²) >= 11 is 1.25. The van der Waals surface area contributed by atoms with Crippen LogP contribution in [0.3, 0.4) is 0 Å². The second-order valence-electron chi connectivity index (χ2n) is 6.71. The van der Waals surface area contributed by atoms with Gasteiger partial charge >= 0.3 is 5.97 Å². The van der Waals surface area contributed by atoms with Crippen molar-refractivity contribution in [2.75, 3.05) is 25.0 Å². The van der Waals surface area contributed by atoms with E-state index in [0.29, 0.717) is 42.4 Å². The smallest absolute Gasteiger partial charge is 0.348 e. The number of nitrogens with zero attached hydrogens (tertiary/aromatic N) is 1. The fourth-order valence-corrected chi connectivity index (χ4v) is 4.09. The van der Waals surface area contributed by atoms with E-state index in [4.69, 9.17) is 4.74 Å². The number of ether oxygens (including phenoxy) is 1. The van der Waals surface area contributed by atoms with E-state index in [2.05, 4.69) is 5.32 Å². The van der Waals surface area contributed by atoms with Gasteiger partial charge in [-0.3, -0.25) is 9.59 Å². The van der Waals surface area contributed by atoms with Crippen molar-refractivity contribution in [3.05, 3.63) is 16.5 Å². The normalized spacial score (nSPS) is 18.1. The molecule has 1 saturated heterocycles. The molecule has 1 N–H and O–H groups in total. The Kier molecular flexibility index (Phi) is 5.42. The first-order valence-electron chi connectivity index (χ1n) is 8.86. The maximum atomic E-state index is 12.5. The molecule has 2 heterocycles. The summed E-state index contributed by atoms with van der Waals surface area (Å²) in [6.07, 6.45) is 3.42. The van der Waals surface area contributed by atoms with E-state index >= 15 is 0 Å². The first kappa shape index (κ1) is 17.9. The van der Waals surface area contributed by atoms with Crippen LogP contribution in [-0.4, -0.2) is 42.4 Å². The van der Waals surface area contributed by atoms with Crippen LogP contribution in [0, 0.1) is 18.8 Å². The van der Waals surface area contributed by atoms with Crippen LogP contribution in [0.1, 0.15) is 47.8 Å². The highest BCUT2D eigenvalue weighted by Crippen LogP contribution is 2.33. The number of anilines is 1. The Bertz CT molecular complexity index is 673. The zero-order valence-corrected chi connectivity index (χ0v) is 15.5. The number of likely N-dealkylation sites (tertiary alicyclic amines) is 1. The van der Waals surface area contributed by atoms with Crippen LogP contribution in [0.15, 0.2) is 6.07 Å². The third kappa shape index (κ3) is 4.21. The fourth-order valence-electron chi connectivity index (χ4n) is 3.12. The number of amides is 2. The first-order valence-corrected chi connectivity index (χ1v) is 9.68. The van der Waals surface area contributed by atoms with Crippen LogP contribution in [0.4, 0.5) is 5.00 Å². The third-order valence-corrected chi connectivity index (χ3v) is 5.86. The van der Waals surface area contributed by atoms with Crippen LogP contribution >= 0.6 is 11.3 Å². The van der Waals surface area contributed by atoms with Crippen LogP contribution in [0.2, 0.25) is 0 Å². The number of hydrogen-bond donors (Lipinski definition) is 1. The number of rotatable bonds is 5. The van der Waals surface area contributed by atoms with Crippen molar-refractivity contribution in [3.8, 4) is 0 Å². The molecule has 6 nitrogen and oxygen atoms in total. The van der Waals surface area contributed by atoms with E-state index in [0.717, 1.165) is 18.4 Å². The quantitative estimate of drug-likeness (QED) is 0.815. The standard InChI is InChI=1S/C18H24N2O4S/c1-3-24-18(23)15-11(2)10-14(25-15)19-16(21)12-6-8-20(9-7-12)17(22)13-4-5-13/h10,12-13H,3-9H2,1-2H3,(H,19,21). The van der Waals surface area contributed by atoms with Gasteiger partial charge in [-0.05, 0) is 51.2 Å². The lowest BCUT2D eigenvalue weighted by atomic mass is 9.95. The van der Waals surface area contributed by atoms with Gasteiger partial charge in [-0.1, -0.05) is 0 Å². The lowest BCUT2D eigenvalue weighted by Gasteiger charge is -2.31. The minimum Gasteiger partial charge on any atom is -0.462 e. The lowest BCUT2D eigenvalue weighted by molar-refractivity contribution is -0.135. The topological polar surface area (TPSA) is 75.7 Å². The summed E-state index contributed by atoms with van der Waals surface area (Å²) in [7, 11) is 0. The Hall–Kier alpha value is -1.89. The Morgan fingerprint density at radius 1 is 1.20 bits per heavy atom. The van der Waals surface area contributed by atoms with Gasteiger partial charge in [0.05, 0.1) is 11.6 Å². The highest BCUT2D eigenvalue weighted by atomic mass is 32.1. The highest BCUT2D eigenvalue weighted by Gasteiger charge is 2.36. The van der Waals surface area contributed by atoms with Gasteiger partial charge in [-0.15, -0.1) is 11.3 Å². The van der Waals surface area contributed by atoms with Crippen LogP contribution < -0.4 is 5.32 Å². The molecule has 0 radical (unpaired) electrons. The molecule has 2 fully saturated rings. The van der Waals surface area contributed by atoms with Crippen molar-refractivity contribution in [2.24, 2.45) is 11.8 Å². The predicted octanol–water partition coefficient (Wildman–Crippen LogP) is 2.82. The Labute approximate surface area is 151 Å². The van der Waals surface area contributed by atoms with E-state index in [1.165, 1.54) is 11.3 Å². The summed E-state index contributed by atoms with van der Waals surface area (Å²) < 4.78 is 5.02. The number of piperidine rings is 1. The minimum atomic E-state index is -0.350. The second kappa shape index (κ2) is 7.56. The van der Waals surface area contributed by atoms with Crippen molar-refractivity contribution in [3.63, 3.8) is 0 Å². The highest BCUT2D eigenvalue weighted by molar-refractivity contribution is 7.18. The molecule has 0 spiro atoms. The average Bonchev–Trinajstić information content (AvgIpc) is 3.38. The number of esters is 1. The molecule has 1 saturated carbocycles. The minimum absolute atomic E-state index is 0.0322. The number of hydrogen-bond acceptors (Lipinski definition) is 5. The molecule has 1 aliphatic heterocycles. The molecular weight excluding hydrogens is 340 g/mol. The molecule has 0 bridgehead atoms. The number of aryl methyl sites for hydroxylation is 1. The molecule has 7 heteroatoms. The van der Waals surface area contributed by atoms with Crippen LogP contribution in [-0.2, 0) is 14.3 Å². The van der Waals surface area contributed by atoms with Gasteiger partial charge in [0.2, 0.25) is 11.8 Å². The monoisotopic (exact) mass is 364 g/mol. The van der Waals surface area contributed by atoms with Gasteiger partial charge in [0.1, 0.15) is 4.88 Å². The van der Waals surface area contributed by atoms with E-state index in [9.17, 15) is 14.4 Å². The summed E-state index contributed by atoms with van der Waals surface area (Å²) in [5.41, 5.74) is 0.809. The molecule has 136 valence electrons. The number of carbonyl (C=O) groups is 3. The van der Waals surface area contributed by atoms with Gasteiger partial charge < -0.3 is 15.0 Å². The Morgan fingerprint density at radius 2 is 1.88 bits per heavy atom. The molecule has 25 heavy (non-hydrogen) atoms.